The van der Waals surface area contributed by atoms with Crippen molar-refractivity contribution in [3.05, 3.63) is 0 Å². The fourth-order valence-corrected chi connectivity index (χ4v) is 1.40. The first-order valence-corrected chi connectivity index (χ1v) is 3.29. The van der Waals surface area contributed by atoms with Crippen LogP contribution in [-0.2, 0) is 4.84 Å². The number of hydrogen-bond donors (Lipinski definition) is 1. The molecule has 0 aromatic carbocycles. The van der Waals surface area contributed by atoms with Gasteiger partial charge >= 0.3 is 0 Å². The molecular formula is C6H10N2O. The Kier molecular flexibility index (Phi) is 0.990. The first-order valence-electron chi connectivity index (χ1n) is 3.29. The predicted octanol–water partition coefficient (Wildman–Crippen LogP) is -0.0195. The van der Waals surface area contributed by atoms with Crippen molar-refractivity contribution in [2.75, 3.05) is 13.1 Å². The summed E-state index contributed by atoms with van der Waals surface area (Å²) >= 11 is 0. The molecule has 1 fully saturated rings. The van der Waals surface area contributed by atoms with Crippen LogP contribution in [0.3, 0.4) is 0 Å². The molecule has 2 heterocycles. The largest absolute Gasteiger partial charge is 0.390 e. The Morgan fingerprint density at radius 1 is 1.67 bits per heavy atom. The lowest BCUT2D eigenvalue weighted by Gasteiger charge is -2.02. The average molecular weight is 126 g/mol. The van der Waals surface area contributed by atoms with Gasteiger partial charge in [-0.05, 0) is 6.92 Å². The van der Waals surface area contributed by atoms with Crippen LogP contribution in [0, 0.1) is 5.92 Å². The van der Waals surface area contributed by atoms with Gasteiger partial charge in [-0.3, -0.25) is 0 Å². The third kappa shape index (κ3) is 0.645. The number of nitrogens with one attached hydrogen (secondary N) is 1. The molecule has 0 bridgehead atoms. The van der Waals surface area contributed by atoms with Crippen molar-refractivity contribution in [2.24, 2.45) is 11.1 Å². The summed E-state index contributed by atoms with van der Waals surface area (Å²) in [6, 6.07) is 0. The van der Waals surface area contributed by atoms with Crippen LogP contribution >= 0.6 is 0 Å². The summed E-state index contributed by atoms with van der Waals surface area (Å²) in [5.74, 6) is 0.560. The predicted molar refractivity (Wildman–Crippen MR) is 34.3 cm³/mol. The fraction of sp³-hybridized carbons (Fsp3) is 0.833. The first-order chi connectivity index (χ1) is 4.38. The highest BCUT2D eigenvalue weighted by Crippen LogP contribution is 2.20. The maximum absolute atomic E-state index is 5.11. The molecule has 50 valence electrons. The van der Waals surface area contributed by atoms with Crippen LogP contribution in [0.5, 0.6) is 0 Å². The molecule has 1 N–H and O–H groups in total. The highest BCUT2D eigenvalue weighted by molar-refractivity contribution is 5.86. The van der Waals surface area contributed by atoms with Crippen molar-refractivity contribution in [2.45, 2.75) is 13.0 Å². The minimum Gasteiger partial charge on any atom is -0.390 e. The number of fused-ring (bicyclic) bond motifs is 1. The molecule has 2 rings (SSSR count). The smallest absolute Gasteiger partial charge is 0.149 e. The molecule has 3 heteroatoms. The second-order valence-electron chi connectivity index (χ2n) is 2.64. The van der Waals surface area contributed by atoms with Gasteiger partial charge in [0.25, 0.3) is 0 Å². The van der Waals surface area contributed by atoms with E-state index < -0.39 is 0 Å². The van der Waals surface area contributed by atoms with Crippen LogP contribution in [0.15, 0.2) is 5.16 Å². The van der Waals surface area contributed by atoms with Gasteiger partial charge in [-0.1, -0.05) is 5.16 Å². The number of oxime groups is 1. The second-order valence-corrected chi connectivity index (χ2v) is 2.64. The minimum absolute atomic E-state index is 0.338. The van der Waals surface area contributed by atoms with Crippen LogP contribution in [0.4, 0.5) is 0 Å². The van der Waals surface area contributed by atoms with Gasteiger partial charge in [-0.15, -0.1) is 0 Å². The molecule has 0 unspecified atom stereocenters. The fourth-order valence-electron chi connectivity index (χ4n) is 1.40. The van der Waals surface area contributed by atoms with E-state index in [9.17, 15) is 0 Å². The SMILES string of the molecule is CC1=NO[C@H]2CNC[C@@H]12. The molecule has 0 saturated carbocycles. The van der Waals surface area contributed by atoms with E-state index in [1.54, 1.807) is 0 Å². The number of nitrogens with zero attached hydrogens (tertiary/aromatic N) is 1. The Hall–Kier alpha value is -0.570. The molecule has 0 radical (unpaired) electrons. The highest BCUT2D eigenvalue weighted by Gasteiger charge is 2.35. The van der Waals surface area contributed by atoms with E-state index in [0.29, 0.717) is 12.0 Å². The highest BCUT2D eigenvalue weighted by atomic mass is 16.6. The summed E-state index contributed by atoms with van der Waals surface area (Å²) in [5.41, 5.74) is 1.14. The molecule has 1 saturated heterocycles. The third-order valence-electron chi connectivity index (χ3n) is 2.03. The van der Waals surface area contributed by atoms with Gasteiger partial charge in [-0.2, -0.15) is 0 Å². The van der Waals surface area contributed by atoms with Gasteiger partial charge in [0.15, 0.2) is 0 Å². The van der Waals surface area contributed by atoms with E-state index in [1.807, 2.05) is 6.92 Å². The van der Waals surface area contributed by atoms with Crippen molar-refractivity contribution < 1.29 is 4.84 Å². The zero-order chi connectivity index (χ0) is 6.27. The zero-order valence-corrected chi connectivity index (χ0v) is 5.42. The van der Waals surface area contributed by atoms with Crippen LogP contribution in [0.25, 0.3) is 0 Å². The molecule has 3 nitrogen and oxygen atoms in total. The Morgan fingerprint density at radius 2 is 2.56 bits per heavy atom. The monoisotopic (exact) mass is 126 g/mol. The van der Waals surface area contributed by atoms with Crippen molar-refractivity contribution in [1.82, 2.24) is 5.32 Å². The van der Waals surface area contributed by atoms with Crippen molar-refractivity contribution in [3.63, 3.8) is 0 Å². The van der Waals surface area contributed by atoms with Gasteiger partial charge < -0.3 is 10.2 Å². The van der Waals surface area contributed by atoms with E-state index in [2.05, 4.69) is 10.5 Å². The molecule has 2 atom stereocenters. The molecule has 0 aromatic heterocycles. The van der Waals surface area contributed by atoms with Gasteiger partial charge in [0.1, 0.15) is 6.10 Å². The topological polar surface area (TPSA) is 33.6 Å². The van der Waals surface area contributed by atoms with E-state index in [1.165, 1.54) is 0 Å². The van der Waals surface area contributed by atoms with Crippen LogP contribution in [0.1, 0.15) is 6.92 Å². The average Bonchev–Trinajstić information content (AvgIpc) is 2.35. The molecule has 0 aromatic rings. The van der Waals surface area contributed by atoms with Crippen LogP contribution < -0.4 is 5.32 Å². The Labute approximate surface area is 54.1 Å². The quantitative estimate of drug-likeness (QED) is 0.495. The standard InChI is InChI=1S/C6H10N2O/c1-4-5-2-7-3-6(5)9-8-4/h5-7H,2-3H2,1H3/t5-,6-/m0/s1. The lowest BCUT2D eigenvalue weighted by molar-refractivity contribution is 0.0841. The maximum Gasteiger partial charge on any atom is 0.149 e. The summed E-state index contributed by atoms with van der Waals surface area (Å²) < 4.78 is 0. The number of rotatable bonds is 0. The summed E-state index contributed by atoms with van der Waals surface area (Å²) in [5, 5.41) is 7.15. The second kappa shape index (κ2) is 1.70. The minimum atomic E-state index is 0.338. The lowest BCUT2D eigenvalue weighted by Crippen LogP contribution is -2.18. The first kappa shape index (κ1) is 5.23. The Bertz CT molecular complexity index is 155. The Morgan fingerprint density at radius 3 is 3.33 bits per heavy atom. The zero-order valence-electron chi connectivity index (χ0n) is 5.42. The number of hydrogen-bond acceptors (Lipinski definition) is 3. The summed E-state index contributed by atoms with van der Waals surface area (Å²) in [6.07, 6.45) is 0.338. The molecule has 0 amide bonds. The van der Waals surface area contributed by atoms with Gasteiger partial charge in [-0.25, -0.2) is 0 Å². The maximum atomic E-state index is 5.11. The Balaban J connectivity index is 2.16. The van der Waals surface area contributed by atoms with Crippen molar-refractivity contribution in [3.8, 4) is 0 Å². The van der Waals surface area contributed by atoms with E-state index in [4.69, 9.17) is 4.84 Å². The normalized spacial score (nSPS) is 39.9. The van der Waals surface area contributed by atoms with Gasteiger partial charge in [0.05, 0.1) is 11.6 Å². The third-order valence-corrected chi connectivity index (χ3v) is 2.03. The van der Waals surface area contributed by atoms with E-state index >= 15 is 0 Å². The van der Waals surface area contributed by atoms with E-state index in [-0.39, 0.29) is 0 Å². The van der Waals surface area contributed by atoms with E-state index in [0.717, 1.165) is 18.8 Å². The molecule has 9 heavy (non-hydrogen) atoms. The van der Waals surface area contributed by atoms with Crippen LogP contribution in [0.2, 0.25) is 0 Å². The lowest BCUT2D eigenvalue weighted by atomic mass is 10.0. The summed E-state index contributed by atoms with van der Waals surface area (Å²) in [7, 11) is 0. The summed E-state index contributed by atoms with van der Waals surface area (Å²) in [4.78, 5) is 5.11. The molecule has 0 aliphatic carbocycles. The molecule has 2 aliphatic heterocycles. The van der Waals surface area contributed by atoms with Crippen LogP contribution in [-0.4, -0.2) is 24.9 Å². The van der Waals surface area contributed by atoms with Crippen molar-refractivity contribution in [1.29, 1.82) is 0 Å². The van der Waals surface area contributed by atoms with Gasteiger partial charge in [0, 0.05) is 13.1 Å². The summed E-state index contributed by atoms with van der Waals surface area (Å²) in [6.45, 7) is 4.03. The van der Waals surface area contributed by atoms with Crippen molar-refractivity contribution >= 4 is 5.71 Å². The molecule has 2 aliphatic rings. The molecule has 0 spiro atoms. The van der Waals surface area contributed by atoms with Gasteiger partial charge in [0.2, 0.25) is 0 Å². The molecular weight excluding hydrogens is 116 g/mol.